The van der Waals surface area contributed by atoms with Crippen LogP contribution in [0.2, 0.25) is 0 Å². The molecule has 20 heavy (non-hydrogen) atoms. The lowest BCUT2D eigenvalue weighted by molar-refractivity contribution is 0.537. The van der Waals surface area contributed by atoms with Crippen molar-refractivity contribution < 1.29 is 0 Å². The fourth-order valence-electron chi connectivity index (χ4n) is 2.76. The molecule has 0 saturated carbocycles. The highest BCUT2D eigenvalue weighted by Gasteiger charge is 2.16. The predicted molar refractivity (Wildman–Crippen MR) is 78.3 cm³/mol. The average Bonchev–Trinajstić information content (AvgIpc) is 3.09. The van der Waals surface area contributed by atoms with E-state index in [1.807, 2.05) is 16.9 Å². The van der Waals surface area contributed by atoms with Crippen LogP contribution in [0, 0.1) is 5.92 Å². The first-order chi connectivity index (χ1) is 9.74. The van der Waals surface area contributed by atoms with Crippen LogP contribution in [-0.4, -0.2) is 32.8 Å². The van der Waals surface area contributed by atoms with Gasteiger partial charge in [-0.1, -0.05) is 0 Å². The lowest BCUT2D eigenvalue weighted by Crippen LogP contribution is -2.11. The van der Waals surface area contributed by atoms with Crippen LogP contribution in [0.5, 0.6) is 0 Å². The van der Waals surface area contributed by atoms with Gasteiger partial charge in [0.15, 0.2) is 0 Å². The molecule has 1 aliphatic rings. The van der Waals surface area contributed by atoms with E-state index in [0.29, 0.717) is 12.0 Å². The van der Waals surface area contributed by atoms with E-state index in [-0.39, 0.29) is 0 Å². The summed E-state index contributed by atoms with van der Waals surface area (Å²) in [7, 11) is 0. The molecule has 1 saturated heterocycles. The Morgan fingerprint density at radius 3 is 3.05 bits per heavy atom. The normalized spacial score (nSPS) is 18.9. The second kappa shape index (κ2) is 5.71. The maximum atomic E-state index is 4.42. The van der Waals surface area contributed by atoms with Gasteiger partial charge in [-0.15, -0.1) is 0 Å². The smallest absolute Gasteiger partial charge is 0.116 e. The van der Waals surface area contributed by atoms with Crippen LogP contribution in [0.3, 0.4) is 0 Å². The molecule has 3 rings (SSSR count). The SMILES string of the molecule is CC(C)n1nccc1-c1cc(CC2CCNC2)ncn1. The fraction of sp³-hybridized carbons (Fsp3) is 0.533. The zero-order chi connectivity index (χ0) is 13.9. The summed E-state index contributed by atoms with van der Waals surface area (Å²) in [6.07, 6.45) is 5.77. The second-order valence-electron chi connectivity index (χ2n) is 5.71. The van der Waals surface area contributed by atoms with Gasteiger partial charge in [0.05, 0.1) is 11.4 Å². The quantitative estimate of drug-likeness (QED) is 0.925. The van der Waals surface area contributed by atoms with Crippen molar-refractivity contribution in [2.45, 2.75) is 32.7 Å². The average molecular weight is 271 g/mol. The van der Waals surface area contributed by atoms with Crippen LogP contribution in [0.25, 0.3) is 11.4 Å². The third-order valence-electron chi connectivity index (χ3n) is 3.81. The summed E-state index contributed by atoms with van der Waals surface area (Å²) in [5.74, 6) is 0.702. The van der Waals surface area contributed by atoms with Crippen molar-refractivity contribution in [3.8, 4) is 11.4 Å². The zero-order valence-electron chi connectivity index (χ0n) is 12.1. The van der Waals surface area contributed by atoms with Crippen molar-refractivity contribution in [1.29, 1.82) is 0 Å². The standard InChI is InChI=1S/C15H21N5/c1-11(2)20-15(4-6-19-20)14-8-13(17-10-18-14)7-12-3-5-16-9-12/h4,6,8,10-12,16H,3,5,7,9H2,1-2H3. The molecule has 0 aromatic carbocycles. The highest BCUT2D eigenvalue weighted by Crippen LogP contribution is 2.21. The van der Waals surface area contributed by atoms with Crippen molar-refractivity contribution in [2.24, 2.45) is 5.92 Å². The maximum absolute atomic E-state index is 4.42. The molecule has 0 spiro atoms. The van der Waals surface area contributed by atoms with E-state index in [1.54, 1.807) is 6.33 Å². The minimum Gasteiger partial charge on any atom is -0.316 e. The molecular weight excluding hydrogens is 250 g/mol. The first-order valence-electron chi connectivity index (χ1n) is 7.29. The highest BCUT2D eigenvalue weighted by atomic mass is 15.3. The Hall–Kier alpha value is -1.75. The number of nitrogens with one attached hydrogen (secondary N) is 1. The minimum atomic E-state index is 0.331. The number of hydrogen-bond acceptors (Lipinski definition) is 4. The van der Waals surface area contributed by atoms with Crippen LogP contribution in [0.15, 0.2) is 24.7 Å². The first kappa shape index (κ1) is 13.2. The molecule has 0 aliphatic carbocycles. The van der Waals surface area contributed by atoms with E-state index in [1.165, 1.54) is 6.42 Å². The number of hydrogen-bond donors (Lipinski definition) is 1. The first-order valence-corrected chi connectivity index (χ1v) is 7.29. The van der Waals surface area contributed by atoms with E-state index in [2.05, 4.69) is 40.3 Å². The van der Waals surface area contributed by atoms with E-state index in [4.69, 9.17) is 0 Å². The lowest BCUT2D eigenvalue weighted by Gasteiger charge is -2.12. The predicted octanol–water partition coefficient (Wildman–Crippen LogP) is 2.07. The largest absolute Gasteiger partial charge is 0.316 e. The van der Waals surface area contributed by atoms with Crippen LogP contribution in [-0.2, 0) is 6.42 Å². The molecule has 0 amide bonds. The van der Waals surface area contributed by atoms with Gasteiger partial charge in [0.1, 0.15) is 6.33 Å². The lowest BCUT2D eigenvalue weighted by atomic mass is 10.0. The Morgan fingerprint density at radius 2 is 2.30 bits per heavy atom. The molecular formula is C15H21N5. The minimum absolute atomic E-state index is 0.331. The van der Waals surface area contributed by atoms with E-state index in [9.17, 15) is 0 Å². The topological polar surface area (TPSA) is 55.6 Å². The molecule has 5 nitrogen and oxygen atoms in total. The van der Waals surface area contributed by atoms with Crippen LogP contribution >= 0.6 is 0 Å². The highest BCUT2D eigenvalue weighted by molar-refractivity contribution is 5.54. The maximum Gasteiger partial charge on any atom is 0.116 e. The molecule has 2 aromatic rings. The van der Waals surface area contributed by atoms with Gasteiger partial charge in [0.25, 0.3) is 0 Å². The van der Waals surface area contributed by atoms with Gasteiger partial charge in [0, 0.05) is 17.9 Å². The molecule has 2 aromatic heterocycles. The molecule has 1 fully saturated rings. The third kappa shape index (κ3) is 2.72. The number of rotatable bonds is 4. The molecule has 1 aliphatic heterocycles. The van der Waals surface area contributed by atoms with Gasteiger partial charge in [-0.3, -0.25) is 4.68 Å². The molecule has 106 valence electrons. The Kier molecular flexibility index (Phi) is 3.78. The molecule has 1 N–H and O–H groups in total. The van der Waals surface area contributed by atoms with E-state index in [0.717, 1.165) is 36.6 Å². The van der Waals surface area contributed by atoms with Gasteiger partial charge < -0.3 is 5.32 Å². The van der Waals surface area contributed by atoms with Crippen LogP contribution in [0.1, 0.15) is 32.0 Å². The molecule has 0 bridgehead atoms. The van der Waals surface area contributed by atoms with Gasteiger partial charge in [-0.2, -0.15) is 5.10 Å². The molecule has 0 radical (unpaired) electrons. The Morgan fingerprint density at radius 1 is 1.40 bits per heavy atom. The van der Waals surface area contributed by atoms with Crippen molar-refractivity contribution >= 4 is 0 Å². The molecule has 3 heterocycles. The summed E-state index contributed by atoms with van der Waals surface area (Å²) in [5, 5.41) is 7.77. The Balaban J connectivity index is 1.84. The molecule has 5 heteroatoms. The summed E-state index contributed by atoms with van der Waals surface area (Å²) in [4.78, 5) is 8.83. The van der Waals surface area contributed by atoms with Crippen molar-refractivity contribution in [2.75, 3.05) is 13.1 Å². The monoisotopic (exact) mass is 271 g/mol. The summed E-state index contributed by atoms with van der Waals surface area (Å²) in [5.41, 5.74) is 3.15. The summed E-state index contributed by atoms with van der Waals surface area (Å²) in [6.45, 7) is 6.48. The summed E-state index contributed by atoms with van der Waals surface area (Å²) >= 11 is 0. The molecule has 1 unspecified atom stereocenters. The second-order valence-corrected chi connectivity index (χ2v) is 5.71. The number of nitrogens with zero attached hydrogens (tertiary/aromatic N) is 4. The van der Waals surface area contributed by atoms with Gasteiger partial charge in [-0.25, -0.2) is 9.97 Å². The van der Waals surface area contributed by atoms with E-state index < -0.39 is 0 Å². The Bertz CT molecular complexity index is 569. The van der Waals surface area contributed by atoms with Crippen LogP contribution in [0.4, 0.5) is 0 Å². The van der Waals surface area contributed by atoms with Gasteiger partial charge >= 0.3 is 0 Å². The van der Waals surface area contributed by atoms with Crippen molar-refractivity contribution in [1.82, 2.24) is 25.1 Å². The third-order valence-corrected chi connectivity index (χ3v) is 3.81. The van der Waals surface area contributed by atoms with E-state index >= 15 is 0 Å². The summed E-state index contributed by atoms with van der Waals surface area (Å²) in [6, 6.07) is 4.45. The van der Waals surface area contributed by atoms with Gasteiger partial charge in [0.2, 0.25) is 0 Å². The zero-order valence-corrected chi connectivity index (χ0v) is 12.1. The van der Waals surface area contributed by atoms with Crippen LogP contribution < -0.4 is 5.32 Å². The molecule has 1 atom stereocenters. The number of aromatic nitrogens is 4. The van der Waals surface area contributed by atoms with Crippen molar-refractivity contribution in [3.05, 3.63) is 30.4 Å². The van der Waals surface area contributed by atoms with Crippen molar-refractivity contribution in [3.63, 3.8) is 0 Å². The fourth-order valence-corrected chi connectivity index (χ4v) is 2.76. The Labute approximate surface area is 119 Å². The van der Waals surface area contributed by atoms with Gasteiger partial charge in [-0.05, 0) is 57.8 Å². The summed E-state index contributed by atoms with van der Waals surface area (Å²) < 4.78 is 2.00.